The van der Waals surface area contributed by atoms with E-state index in [1.54, 1.807) is 0 Å². The number of phosphoric acid groups is 1. The summed E-state index contributed by atoms with van der Waals surface area (Å²) in [6.45, 7) is 0. The number of hydrogen-bond acceptors (Lipinski definition) is 5. The minimum Gasteiger partial charge on any atom is -0.227 e. The number of phosphoric ester groups is 1. The van der Waals surface area contributed by atoms with Crippen molar-refractivity contribution in [2.75, 3.05) is 5.75 Å². The zero-order chi connectivity index (χ0) is 8.66. The van der Waals surface area contributed by atoms with Gasteiger partial charge in [-0.05, 0) is 18.6 Å². The van der Waals surface area contributed by atoms with Gasteiger partial charge >= 0.3 is 13.8 Å². The Labute approximate surface area is 76.6 Å². The molecule has 6 heteroatoms. The molecule has 70 valence electrons. The molecule has 4 nitrogen and oxygen atoms in total. The molecule has 3 heterocycles. The largest absolute Gasteiger partial charge is 0.488 e. The van der Waals surface area contributed by atoms with E-state index in [1.165, 1.54) is 0 Å². The topological polar surface area (TPSA) is 44.8 Å². The van der Waals surface area contributed by atoms with Gasteiger partial charge in [-0.15, -0.1) is 0 Å². The van der Waals surface area contributed by atoms with Gasteiger partial charge in [0.1, 0.15) is 0 Å². The van der Waals surface area contributed by atoms with E-state index in [0.29, 0.717) is 6.42 Å². The Hall–Kier alpha value is 0.460. The molecule has 0 unspecified atom stereocenters. The summed E-state index contributed by atoms with van der Waals surface area (Å²) in [6, 6.07) is 0. The summed E-state index contributed by atoms with van der Waals surface area (Å²) in [6.07, 6.45) is 3.79. The molecule has 0 aliphatic carbocycles. The summed E-state index contributed by atoms with van der Waals surface area (Å²) < 4.78 is 25.4. The van der Waals surface area contributed by atoms with Gasteiger partial charge in [-0.3, -0.25) is 0 Å². The van der Waals surface area contributed by atoms with Crippen LogP contribution in [0.25, 0.3) is 0 Å². The van der Waals surface area contributed by atoms with Crippen LogP contribution in [0.3, 0.4) is 0 Å². The van der Waals surface area contributed by atoms with Crippen LogP contribution in [0, 0.1) is 0 Å². The van der Waals surface area contributed by atoms with Crippen molar-refractivity contribution in [2.45, 2.75) is 31.7 Å². The molecule has 2 bridgehead atoms. The molecule has 3 aliphatic heterocycles. The molecule has 0 spiro atoms. The molecule has 3 fully saturated rings. The van der Waals surface area contributed by atoms with Gasteiger partial charge in [0.15, 0.2) is 0 Å². The number of hydrogen-bond donors (Lipinski definition) is 1. The molecule has 0 saturated carbocycles. The first-order chi connectivity index (χ1) is 5.68. The third kappa shape index (κ3) is 1.44. The Balaban J connectivity index is 1.60. The first-order valence-electron chi connectivity index (χ1n) is 4.01. The van der Waals surface area contributed by atoms with Crippen LogP contribution in [-0.2, 0) is 18.1 Å². The lowest BCUT2D eigenvalue weighted by molar-refractivity contribution is -0.430. The number of rotatable bonds is 5. The van der Waals surface area contributed by atoms with E-state index >= 15 is 0 Å². The van der Waals surface area contributed by atoms with Crippen molar-refractivity contribution < 1.29 is 18.1 Å². The quantitative estimate of drug-likeness (QED) is 0.429. The average molecular weight is 210 g/mol. The minimum atomic E-state index is -2.96. The normalized spacial score (nSPS) is 43.4. The summed E-state index contributed by atoms with van der Waals surface area (Å²) >= 11 is 4.09. The van der Waals surface area contributed by atoms with Gasteiger partial charge in [0, 0.05) is 6.42 Å². The second kappa shape index (κ2) is 3.00. The predicted molar refractivity (Wildman–Crippen MR) is 45.9 cm³/mol. The van der Waals surface area contributed by atoms with Gasteiger partial charge in [0.2, 0.25) is 0 Å². The first kappa shape index (κ1) is 9.03. The van der Waals surface area contributed by atoms with Gasteiger partial charge in [0.05, 0.1) is 0 Å². The van der Waals surface area contributed by atoms with Gasteiger partial charge in [0.25, 0.3) is 0 Å². The van der Waals surface area contributed by atoms with E-state index in [-0.39, 0.29) is 0 Å². The van der Waals surface area contributed by atoms with Crippen LogP contribution in [0.5, 0.6) is 0 Å². The van der Waals surface area contributed by atoms with E-state index in [2.05, 4.69) is 12.6 Å². The Morgan fingerprint density at radius 2 is 1.83 bits per heavy atom. The molecule has 0 aromatic rings. The van der Waals surface area contributed by atoms with Crippen molar-refractivity contribution in [1.82, 2.24) is 0 Å². The fourth-order valence-electron chi connectivity index (χ4n) is 1.30. The lowest BCUT2D eigenvalue weighted by atomic mass is 10.2. The van der Waals surface area contributed by atoms with Gasteiger partial charge in [-0.2, -0.15) is 12.6 Å². The molecule has 3 saturated heterocycles. The van der Waals surface area contributed by atoms with E-state index in [9.17, 15) is 4.57 Å². The molecule has 0 atom stereocenters. The second-order valence-corrected chi connectivity index (χ2v) is 4.83. The van der Waals surface area contributed by atoms with Crippen molar-refractivity contribution in [3.05, 3.63) is 0 Å². The SMILES string of the molecule is O=P12OC(CCCCCS)(O1)O2. The maximum Gasteiger partial charge on any atom is 0.488 e. The zero-order valence-electron chi connectivity index (χ0n) is 6.56. The highest BCUT2D eigenvalue weighted by atomic mass is 32.1. The molecular formula is C6H11O4PS. The van der Waals surface area contributed by atoms with Crippen LogP contribution in [0.4, 0.5) is 0 Å². The third-order valence-corrected chi connectivity index (χ3v) is 3.72. The van der Waals surface area contributed by atoms with Crippen molar-refractivity contribution >= 4 is 20.5 Å². The van der Waals surface area contributed by atoms with Crippen molar-refractivity contribution in [3.63, 3.8) is 0 Å². The molecule has 3 rings (SSSR count). The molecule has 3 aliphatic rings. The van der Waals surface area contributed by atoms with Crippen LogP contribution < -0.4 is 0 Å². The average Bonchev–Trinajstić information content (AvgIpc) is 1.92. The van der Waals surface area contributed by atoms with Crippen molar-refractivity contribution in [3.8, 4) is 0 Å². The zero-order valence-corrected chi connectivity index (χ0v) is 8.35. The number of unbranched alkanes of at least 4 members (excludes halogenated alkanes) is 2. The first-order valence-corrected chi connectivity index (χ1v) is 6.11. The summed E-state index contributed by atoms with van der Waals surface area (Å²) in [5.41, 5.74) is 0. The van der Waals surface area contributed by atoms with Crippen LogP contribution >= 0.6 is 20.5 Å². The van der Waals surface area contributed by atoms with Crippen LogP contribution in [0.15, 0.2) is 0 Å². The van der Waals surface area contributed by atoms with Crippen molar-refractivity contribution in [1.29, 1.82) is 0 Å². The molecule has 0 radical (unpaired) electrons. The summed E-state index contributed by atoms with van der Waals surface area (Å²) in [5.74, 6) is -0.0137. The second-order valence-electron chi connectivity index (χ2n) is 2.94. The lowest BCUT2D eigenvalue weighted by Crippen LogP contribution is -2.56. The summed E-state index contributed by atoms with van der Waals surface area (Å²) in [4.78, 5) is 0. The molecular weight excluding hydrogens is 199 g/mol. The molecule has 12 heavy (non-hydrogen) atoms. The highest BCUT2D eigenvalue weighted by Gasteiger charge is 2.74. The van der Waals surface area contributed by atoms with E-state index in [1.807, 2.05) is 0 Å². The van der Waals surface area contributed by atoms with Crippen LogP contribution in [0.2, 0.25) is 0 Å². The number of thiol groups is 1. The van der Waals surface area contributed by atoms with Gasteiger partial charge in [-0.1, -0.05) is 6.42 Å². The highest BCUT2D eigenvalue weighted by Crippen LogP contribution is 2.81. The fraction of sp³-hybridized carbons (Fsp3) is 1.00. The smallest absolute Gasteiger partial charge is 0.227 e. The third-order valence-electron chi connectivity index (χ3n) is 1.89. The lowest BCUT2D eigenvalue weighted by Gasteiger charge is -2.55. The van der Waals surface area contributed by atoms with E-state index in [4.69, 9.17) is 13.6 Å². The molecule has 0 N–H and O–H groups in total. The molecule has 0 aromatic carbocycles. The van der Waals surface area contributed by atoms with E-state index in [0.717, 1.165) is 25.0 Å². The predicted octanol–water partition coefficient (Wildman–Crippen LogP) is 2.32. The van der Waals surface area contributed by atoms with Crippen molar-refractivity contribution in [2.24, 2.45) is 0 Å². The van der Waals surface area contributed by atoms with Crippen LogP contribution in [0.1, 0.15) is 25.7 Å². The minimum absolute atomic E-state index is 0.671. The standard InChI is InChI=1S/C6H11O4PS/c7-11-8-6(9-11,10-11)4-2-1-3-5-12/h12H,1-5H2. The fourth-order valence-corrected chi connectivity index (χ4v) is 2.86. The van der Waals surface area contributed by atoms with Gasteiger partial charge < -0.3 is 0 Å². The molecule has 0 amide bonds. The van der Waals surface area contributed by atoms with Gasteiger partial charge in [-0.25, -0.2) is 18.1 Å². The summed E-state index contributed by atoms with van der Waals surface area (Å²) in [7, 11) is -2.96. The van der Waals surface area contributed by atoms with Crippen LogP contribution in [-0.4, -0.2) is 11.7 Å². The molecule has 0 aromatic heterocycles. The monoisotopic (exact) mass is 210 g/mol. The highest BCUT2D eigenvalue weighted by molar-refractivity contribution is 7.80. The Morgan fingerprint density at radius 1 is 1.17 bits per heavy atom. The van der Waals surface area contributed by atoms with E-state index < -0.39 is 13.8 Å². The Morgan fingerprint density at radius 3 is 2.33 bits per heavy atom. The Kier molecular flexibility index (Phi) is 2.25. The Bertz CT molecular complexity index is 205. The maximum absolute atomic E-state index is 10.8. The summed E-state index contributed by atoms with van der Waals surface area (Å²) in [5, 5.41) is 0. The maximum atomic E-state index is 10.8.